The number of rotatable bonds is 10. The first-order valence-electron chi connectivity index (χ1n) is 8.11. The predicted octanol–water partition coefficient (Wildman–Crippen LogP) is 5.11. The van der Waals surface area contributed by atoms with Crippen molar-refractivity contribution in [3.63, 3.8) is 0 Å². The van der Waals surface area contributed by atoms with E-state index >= 15 is 0 Å². The van der Waals surface area contributed by atoms with E-state index in [0.717, 1.165) is 0 Å². The number of hydrogen-bond donors (Lipinski definition) is 0. The molecule has 0 aliphatic carbocycles. The van der Waals surface area contributed by atoms with Gasteiger partial charge in [0.1, 0.15) is 0 Å². The minimum absolute atomic E-state index is 0.162. The summed E-state index contributed by atoms with van der Waals surface area (Å²) in [6.45, 7) is 15.4. The van der Waals surface area contributed by atoms with Crippen LogP contribution in [-0.2, 0) is 18.0 Å². The van der Waals surface area contributed by atoms with Gasteiger partial charge in [0.25, 0.3) is 0 Å². The van der Waals surface area contributed by atoms with Crippen molar-refractivity contribution >= 4 is 15.9 Å². The van der Waals surface area contributed by atoms with Gasteiger partial charge in [0.2, 0.25) is 0 Å². The minimum atomic E-state index is -3.38. The summed E-state index contributed by atoms with van der Waals surface area (Å²) in [5.41, 5.74) is -0.786. The number of allylic oxidation sites excluding steroid dienone is 1. The summed E-state index contributed by atoms with van der Waals surface area (Å²) in [4.78, 5) is 0. The average molecular weight is 361 g/mol. The Morgan fingerprint density at radius 2 is 1.70 bits per heavy atom. The third-order valence-corrected chi connectivity index (χ3v) is 10.8. The lowest BCUT2D eigenvalue weighted by Crippen LogP contribution is -2.40. The monoisotopic (exact) mass is 361 g/mol. The van der Waals surface area contributed by atoms with Crippen LogP contribution in [0.5, 0.6) is 0 Å². The van der Waals surface area contributed by atoms with Crippen LogP contribution in [0.4, 0.5) is 0 Å². The van der Waals surface area contributed by atoms with Crippen LogP contribution in [0.15, 0.2) is 12.2 Å². The summed E-state index contributed by atoms with van der Waals surface area (Å²) in [6, 6.07) is 2.05. The molecule has 0 aliphatic heterocycles. The van der Waals surface area contributed by atoms with Crippen LogP contribution in [0.25, 0.3) is 0 Å². The first-order chi connectivity index (χ1) is 10.5. The van der Waals surface area contributed by atoms with Crippen molar-refractivity contribution in [2.24, 2.45) is 0 Å². The highest BCUT2D eigenvalue weighted by molar-refractivity contribution is 7.55. The van der Waals surface area contributed by atoms with Crippen LogP contribution >= 0.6 is 7.60 Å². The molecule has 0 aromatic carbocycles. The molecule has 0 rings (SSSR count). The van der Waals surface area contributed by atoms with E-state index in [2.05, 4.69) is 33.9 Å². The molecule has 1 unspecified atom stereocenters. The first kappa shape index (κ1) is 22.6. The topological polar surface area (TPSA) is 68.5 Å². The van der Waals surface area contributed by atoms with Crippen molar-refractivity contribution in [1.29, 1.82) is 5.26 Å². The van der Waals surface area contributed by atoms with Crippen molar-refractivity contribution in [2.45, 2.75) is 64.8 Å². The van der Waals surface area contributed by atoms with E-state index in [1.807, 2.05) is 18.2 Å². The largest absolute Gasteiger partial charge is 0.413 e. The predicted molar refractivity (Wildman–Crippen MR) is 97.2 cm³/mol. The third-order valence-electron chi connectivity index (χ3n) is 4.02. The fourth-order valence-electron chi connectivity index (χ4n) is 1.60. The lowest BCUT2D eigenvalue weighted by Gasteiger charge is -2.35. The molecule has 134 valence electrons. The molecule has 0 aromatic rings. The molecule has 0 saturated heterocycles. The fraction of sp³-hybridized carbons (Fsp3) is 0.812. The molecular formula is C16H32NO4PSi. The third kappa shape index (κ3) is 7.32. The van der Waals surface area contributed by atoms with Gasteiger partial charge in [-0.25, -0.2) is 0 Å². The van der Waals surface area contributed by atoms with Gasteiger partial charge < -0.3 is 13.5 Å². The molecule has 0 N–H and O–H groups in total. The Balaban J connectivity index is 4.63. The Kier molecular flexibility index (Phi) is 9.57. The van der Waals surface area contributed by atoms with Gasteiger partial charge in [0, 0.05) is 0 Å². The standard InChI is InChI=1S/C16H32NO4PSi/c1-8-19-22(18,20-9-2)15(14-17)12-10-11-13-21-23(6,7)16(3,4)5/h10-11,15H,8-9,12-13H2,1-7H3/b11-10+. The molecule has 0 amide bonds. The van der Waals surface area contributed by atoms with E-state index in [4.69, 9.17) is 13.5 Å². The van der Waals surface area contributed by atoms with Crippen molar-refractivity contribution in [1.82, 2.24) is 0 Å². The lowest BCUT2D eigenvalue weighted by molar-refractivity contribution is 0.216. The summed E-state index contributed by atoms with van der Waals surface area (Å²) in [7, 11) is -5.15. The quantitative estimate of drug-likeness (QED) is 0.307. The lowest BCUT2D eigenvalue weighted by atomic mass is 10.2. The SMILES string of the molecule is CCOP(=O)(OCC)C(C#N)C/C=C/CO[Si](C)(C)C(C)(C)C. The van der Waals surface area contributed by atoms with Crippen LogP contribution in [0, 0.1) is 11.3 Å². The zero-order valence-corrected chi connectivity index (χ0v) is 17.5. The number of nitriles is 1. The Bertz CT molecular complexity index is 456. The van der Waals surface area contributed by atoms with Crippen molar-refractivity contribution in [3.8, 4) is 6.07 Å². The van der Waals surface area contributed by atoms with E-state index in [9.17, 15) is 9.83 Å². The Morgan fingerprint density at radius 1 is 1.17 bits per heavy atom. The van der Waals surface area contributed by atoms with Gasteiger partial charge in [0.05, 0.1) is 25.9 Å². The molecule has 0 spiro atoms. The van der Waals surface area contributed by atoms with Gasteiger partial charge in [-0.2, -0.15) is 5.26 Å². The molecule has 7 heteroatoms. The number of nitrogens with zero attached hydrogens (tertiary/aromatic N) is 1. The smallest absolute Gasteiger partial charge is 0.348 e. The molecule has 0 radical (unpaired) electrons. The molecule has 0 aliphatic rings. The number of hydrogen-bond acceptors (Lipinski definition) is 5. The van der Waals surface area contributed by atoms with Crippen LogP contribution < -0.4 is 0 Å². The van der Waals surface area contributed by atoms with E-state index in [1.165, 1.54) is 0 Å². The highest BCUT2D eigenvalue weighted by Crippen LogP contribution is 2.54. The van der Waals surface area contributed by atoms with E-state index in [-0.39, 0.29) is 18.3 Å². The highest BCUT2D eigenvalue weighted by atomic mass is 31.2. The van der Waals surface area contributed by atoms with Crippen molar-refractivity contribution in [3.05, 3.63) is 12.2 Å². The molecule has 0 fully saturated rings. The molecular weight excluding hydrogens is 329 g/mol. The average Bonchev–Trinajstić information content (AvgIpc) is 2.41. The Morgan fingerprint density at radius 3 is 2.09 bits per heavy atom. The molecule has 0 heterocycles. The summed E-state index contributed by atoms with van der Waals surface area (Å²) in [5, 5.41) is 9.43. The van der Waals surface area contributed by atoms with E-state index in [1.54, 1.807) is 13.8 Å². The van der Waals surface area contributed by atoms with Gasteiger partial charge in [-0.15, -0.1) is 0 Å². The van der Waals surface area contributed by atoms with Crippen LogP contribution in [0.1, 0.15) is 41.0 Å². The van der Waals surface area contributed by atoms with Crippen LogP contribution in [0.2, 0.25) is 18.1 Å². The van der Waals surface area contributed by atoms with Gasteiger partial charge in [-0.1, -0.05) is 32.9 Å². The molecule has 5 nitrogen and oxygen atoms in total. The normalized spacial score (nSPS) is 14.9. The van der Waals surface area contributed by atoms with Gasteiger partial charge in [0.15, 0.2) is 14.0 Å². The second-order valence-corrected chi connectivity index (χ2v) is 13.8. The van der Waals surface area contributed by atoms with Crippen LogP contribution in [-0.4, -0.2) is 33.8 Å². The fourth-order valence-corrected chi connectivity index (χ4v) is 4.22. The van der Waals surface area contributed by atoms with Gasteiger partial charge in [-0.05, 0) is 38.4 Å². The van der Waals surface area contributed by atoms with Crippen LogP contribution in [0.3, 0.4) is 0 Å². The maximum atomic E-state index is 12.6. The van der Waals surface area contributed by atoms with Crippen molar-refractivity contribution in [2.75, 3.05) is 19.8 Å². The van der Waals surface area contributed by atoms with E-state index < -0.39 is 21.6 Å². The maximum absolute atomic E-state index is 12.6. The molecule has 0 aromatic heterocycles. The first-order valence-corrected chi connectivity index (χ1v) is 12.6. The van der Waals surface area contributed by atoms with Crippen molar-refractivity contribution < 1.29 is 18.0 Å². The summed E-state index contributed by atoms with van der Waals surface area (Å²) < 4.78 is 29.1. The van der Waals surface area contributed by atoms with Gasteiger partial charge >= 0.3 is 7.60 Å². The highest BCUT2D eigenvalue weighted by Gasteiger charge is 2.37. The van der Waals surface area contributed by atoms with Gasteiger partial charge in [-0.3, -0.25) is 4.57 Å². The Labute approximate surface area is 142 Å². The molecule has 1 atom stereocenters. The molecule has 0 saturated carbocycles. The summed E-state index contributed by atoms with van der Waals surface area (Å²) >= 11 is 0. The Hall–Kier alpha value is -0.443. The minimum Gasteiger partial charge on any atom is -0.413 e. The zero-order chi connectivity index (χ0) is 18.1. The second kappa shape index (κ2) is 9.76. The second-order valence-electron chi connectivity index (χ2n) is 6.80. The van der Waals surface area contributed by atoms with E-state index in [0.29, 0.717) is 13.0 Å². The maximum Gasteiger partial charge on any atom is 0.348 e. The summed E-state index contributed by atoms with van der Waals surface area (Å²) in [6.07, 6.45) is 4.04. The molecule has 0 bridgehead atoms. The zero-order valence-electron chi connectivity index (χ0n) is 15.6. The summed E-state index contributed by atoms with van der Waals surface area (Å²) in [5.74, 6) is 0. The molecule has 23 heavy (non-hydrogen) atoms.